The van der Waals surface area contributed by atoms with Crippen molar-refractivity contribution in [1.29, 1.82) is 0 Å². The van der Waals surface area contributed by atoms with Crippen molar-refractivity contribution in [1.82, 2.24) is 0 Å². The number of hydrogen-bond acceptors (Lipinski definition) is 2. The molecule has 0 aliphatic heterocycles. The van der Waals surface area contributed by atoms with E-state index >= 15 is 0 Å². The van der Waals surface area contributed by atoms with Gasteiger partial charge in [-0.25, -0.2) is 0 Å². The van der Waals surface area contributed by atoms with E-state index < -0.39 is 10.1 Å². The molecule has 0 aromatic rings. The molecule has 111 valence electrons. The molecule has 3 nitrogen and oxygen atoms in total. The van der Waals surface area contributed by atoms with Gasteiger partial charge in [0.25, 0.3) is 10.1 Å². The minimum atomic E-state index is -3.73. The van der Waals surface area contributed by atoms with Crippen LogP contribution in [0.5, 0.6) is 0 Å². The molecule has 0 spiro atoms. The molecular formula is C12H27CuNaO3S. The van der Waals surface area contributed by atoms with E-state index in [4.69, 9.17) is 4.55 Å². The fourth-order valence-corrected chi connectivity index (χ4v) is 2.34. The SMILES string of the molecule is CCCCCCCCCCCCS(=O)(=O)O.[Cu].[NaH]. The number of rotatable bonds is 11. The Balaban J connectivity index is -0.00000112. The van der Waals surface area contributed by atoms with E-state index in [1.807, 2.05) is 0 Å². The van der Waals surface area contributed by atoms with Crippen molar-refractivity contribution >= 4 is 39.7 Å². The zero-order valence-electron chi connectivity index (χ0n) is 10.8. The molecule has 6 heteroatoms. The van der Waals surface area contributed by atoms with Crippen molar-refractivity contribution in [3.63, 3.8) is 0 Å². The van der Waals surface area contributed by atoms with Crippen molar-refractivity contribution in [2.45, 2.75) is 71.1 Å². The monoisotopic (exact) mass is 337 g/mol. The average Bonchev–Trinajstić information content (AvgIpc) is 2.19. The summed E-state index contributed by atoms with van der Waals surface area (Å²) in [6.07, 6.45) is 11.7. The van der Waals surface area contributed by atoms with Crippen LogP contribution in [0.4, 0.5) is 0 Å². The van der Waals surface area contributed by atoms with Gasteiger partial charge in [0.15, 0.2) is 0 Å². The first-order chi connectivity index (χ1) is 7.56. The summed E-state index contributed by atoms with van der Waals surface area (Å²) in [6.45, 7) is 2.22. The first kappa shape index (κ1) is 24.4. The van der Waals surface area contributed by atoms with Crippen LogP contribution in [0, 0.1) is 0 Å². The first-order valence-electron chi connectivity index (χ1n) is 6.51. The second-order valence-corrected chi connectivity index (χ2v) is 6.04. The number of unbranched alkanes of at least 4 members (excludes halogenated alkanes) is 9. The van der Waals surface area contributed by atoms with Crippen molar-refractivity contribution in [3.05, 3.63) is 0 Å². The number of hydrogen-bond donors (Lipinski definition) is 1. The fraction of sp³-hybridized carbons (Fsp3) is 1.00. The normalized spacial score (nSPS) is 10.6. The predicted octanol–water partition coefficient (Wildman–Crippen LogP) is 3.14. The molecule has 18 heavy (non-hydrogen) atoms. The van der Waals surface area contributed by atoms with Crippen LogP contribution in [0.2, 0.25) is 0 Å². The summed E-state index contributed by atoms with van der Waals surface area (Å²) in [5, 5.41) is 0. The molecular weight excluding hydrogens is 311 g/mol. The predicted molar refractivity (Wildman–Crippen MR) is 75.4 cm³/mol. The van der Waals surface area contributed by atoms with Crippen molar-refractivity contribution in [2.75, 3.05) is 5.75 Å². The molecule has 0 aliphatic rings. The Morgan fingerprint density at radius 3 is 1.44 bits per heavy atom. The molecule has 0 aromatic heterocycles. The molecule has 0 heterocycles. The van der Waals surface area contributed by atoms with Crippen LogP contribution in [0.3, 0.4) is 0 Å². The molecule has 0 saturated heterocycles. The zero-order chi connectivity index (χ0) is 12.3. The van der Waals surface area contributed by atoms with Crippen LogP contribution in [-0.4, -0.2) is 48.3 Å². The molecule has 1 radical (unpaired) electrons. The summed E-state index contributed by atoms with van der Waals surface area (Å²) < 4.78 is 29.4. The summed E-state index contributed by atoms with van der Waals surface area (Å²) >= 11 is 0. The van der Waals surface area contributed by atoms with Crippen LogP contribution in [0.25, 0.3) is 0 Å². The third kappa shape index (κ3) is 22.6. The van der Waals surface area contributed by atoms with E-state index in [0.29, 0.717) is 6.42 Å². The quantitative estimate of drug-likeness (QED) is 0.358. The van der Waals surface area contributed by atoms with E-state index in [2.05, 4.69) is 6.92 Å². The molecule has 0 unspecified atom stereocenters. The molecule has 0 amide bonds. The van der Waals surface area contributed by atoms with Gasteiger partial charge in [-0.2, -0.15) is 8.42 Å². The van der Waals surface area contributed by atoms with Crippen LogP contribution in [-0.2, 0) is 27.2 Å². The van der Waals surface area contributed by atoms with E-state index in [1.165, 1.54) is 44.9 Å². The first-order valence-corrected chi connectivity index (χ1v) is 8.12. The Morgan fingerprint density at radius 2 is 1.11 bits per heavy atom. The van der Waals surface area contributed by atoms with Gasteiger partial charge in [0.05, 0.1) is 5.75 Å². The summed E-state index contributed by atoms with van der Waals surface area (Å²) in [4.78, 5) is 0. The second-order valence-electron chi connectivity index (χ2n) is 4.47. The molecule has 0 aliphatic carbocycles. The molecule has 1 N–H and O–H groups in total. The fourth-order valence-electron chi connectivity index (χ4n) is 1.77. The third-order valence-electron chi connectivity index (χ3n) is 2.76. The molecule has 0 atom stereocenters. The van der Waals surface area contributed by atoms with Gasteiger partial charge < -0.3 is 0 Å². The minimum absolute atomic E-state index is 0. The standard InChI is InChI=1S/C12H26O3S.Cu.Na.H/c1-2-3-4-5-6-7-8-9-10-11-12-16(13,14)15;;;/h2-12H2,1H3,(H,13,14,15);;;. The van der Waals surface area contributed by atoms with E-state index in [1.54, 1.807) is 0 Å². The summed E-state index contributed by atoms with van der Waals surface area (Å²) in [5.74, 6) is -0.0799. The summed E-state index contributed by atoms with van der Waals surface area (Å²) in [7, 11) is -3.73. The van der Waals surface area contributed by atoms with E-state index in [9.17, 15) is 8.42 Å². The summed E-state index contributed by atoms with van der Waals surface area (Å²) in [5.41, 5.74) is 0. The van der Waals surface area contributed by atoms with Gasteiger partial charge in [0.2, 0.25) is 0 Å². The van der Waals surface area contributed by atoms with Gasteiger partial charge in [-0.15, -0.1) is 0 Å². The van der Waals surface area contributed by atoms with Crippen LogP contribution in [0.15, 0.2) is 0 Å². The van der Waals surface area contributed by atoms with Crippen LogP contribution in [0.1, 0.15) is 71.1 Å². The maximum absolute atomic E-state index is 10.4. The Labute approximate surface area is 145 Å². The van der Waals surface area contributed by atoms with Crippen LogP contribution >= 0.6 is 0 Å². The van der Waals surface area contributed by atoms with E-state index in [-0.39, 0.29) is 52.4 Å². The molecule has 0 saturated carbocycles. The second kappa shape index (κ2) is 16.5. The van der Waals surface area contributed by atoms with Crippen molar-refractivity contribution < 1.29 is 30.0 Å². The average molecular weight is 338 g/mol. The van der Waals surface area contributed by atoms with E-state index in [0.717, 1.165) is 12.8 Å². The molecule has 0 bridgehead atoms. The Morgan fingerprint density at radius 1 is 0.778 bits per heavy atom. The Kier molecular flexibility index (Phi) is 22.4. The summed E-state index contributed by atoms with van der Waals surface area (Å²) in [6, 6.07) is 0. The Bertz CT molecular complexity index is 246. The van der Waals surface area contributed by atoms with Gasteiger partial charge in [0, 0.05) is 17.1 Å². The zero-order valence-corrected chi connectivity index (χ0v) is 12.5. The molecule has 0 aromatic carbocycles. The van der Waals surface area contributed by atoms with Gasteiger partial charge >= 0.3 is 29.6 Å². The third-order valence-corrected chi connectivity index (χ3v) is 3.56. The maximum atomic E-state index is 10.4. The van der Waals surface area contributed by atoms with Gasteiger partial charge in [-0.3, -0.25) is 4.55 Å². The molecule has 0 rings (SSSR count). The molecule has 0 fully saturated rings. The van der Waals surface area contributed by atoms with Gasteiger partial charge in [-0.05, 0) is 6.42 Å². The van der Waals surface area contributed by atoms with Crippen molar-refractivity contribution in [3.8, 4) is 0 Å². The van der Waals surface area contributed by atoms with Gasteiger partial charge in [0.1, 0.15) is 0 Å². The topological polar surface area (TPSA) is 54.4 Å². The van der Waals surface area contributed by atoms with Crippen LogP contribution < -0.4 is 0 Å². The Hall–Kier alpha value is 1.43. The van der Waals surface area contributed by atoms with Gasteiger partial charge in [-0.1, -0.05) is 64.7 Å². The van der Waals surface area contributed by atoms with Crippen molar-refractivity contribution in [2.24, 2.45) is 0 Å².